The standard InChI is InChI=1S/C21H22N2O5/c1-12-13-8-6-7-9-16(13)28-19(12)20(24)22-15-11-18(27-5)17(26-4)10-14(15)21(25)23(2)3/h6-11H,1-5H3,(H,22,24). The molecule has 0 atom stereocenters. The van der Waals surface area contributed by atoms with Crippen LogP contribution in [0.4, 0.5) is 5.69 Å². The number of aryl methyl sites for hydroxylation is 1. The first-order chi connectivity index (χ1) is 13.4. The first-order valence-corrected chi connectivity index (χ1v) is 8.64. The van der Waals surface area contributed by atoms with Crippen LogP contribution in [-0.4, -0.2) is 45.0 Å². The minimum Gasteiger partial charge on any atom is -0.493 e. The average molecular weight is 382 g/mol. The Kier molecular flexibility index (Phi) is 5.26. The monoisotopic (exact) mass is 382 g/mol. The van der Waals surface area contributed by atoms with E-state index in [-0.39, 0.29) is 17.2 Å². The Bertz CT molecular complexity index is 1050. The third-order valence-corrected chi connectivity index (χ3v) is 4.46. The van der Waals surface area contributed by atoms with Crippen LogP contribution in [0.2, 0.25) is 0 Å². The molecule has 0 bridgehead atoms. The number of methoxy groups -OCH3 is 2. The molecule has 0 fully saturated rings. The molecule has 1 aromatic heterocycles. The third-order valence-electron chi connectivity index (χ3n) is 4.46. The van der Waals surface area contributed by atoms with Crippen molar-refractivity contribution < 1.29 is 23.5 Å². The fourth-order valence-electron chi connectivity index (χ4n) is 2.97. The maximum absolute atomic E-state index is 12.9. The largest absolute Gasteiger partial charge is 0.493 e. The lowest BCUT2D eigenvalue weighted by atomic mass is 10.1. The lowest BCUT2D eigenvalue weighted by Gasteiger charge is -2.17. The number of amides is 2. The Morgan fingerprint density at radius 3 is 2.29 bits per heavy atom. The molecular weight excluding hydrogens is 360 g/mol. The molecule has 2 aromatic carbocycles. The molecule has 146 valence electrons. The number of carbonyl (C=O) groups is 2. The van der Waals surface area contributed by atoms with Crippen molar-refractivity contribution in [3.63, 3.8) is 0 Å². The van der Waals surface area contributed by atoms with Gasteiger partial charge in [0.1, 0.15) is 5.58 Å². The molecule has 1 N–H and O–H groups in total. The lowest BCUT2D eigenvalue weighted by molar-refractivity contribution is 0.0828. The third kappa shape index (κ3) is 3.38. The highest BCUT2D eigenvalue weighted by Crippen LogP contribution is 2.34. The summed E-state index contributed by atoms with van der Waals surface area (Å²) in [6, 6.07) is 10.5. The Labute approximate surface area is 162 Å². The van der Waals surface area contributed by atoms with Gasteiger partial charge in [0.2, 0.25) is 0 Å². The number of hydrogen-bond donors (Lipinski definition) is 1. The van der Waals surface area contributed by atoms with Gasteiger partial charge in [-0.3, -0.25) is 9.59 Å². The second kappa shape index (κ2) is 7.64. The summed E-state index contributed by atoms with van der Waals surface area (Å²) in [4.78, 5) is 26.9. The van der Waals surface area contributed by atoms with Crippen LogP contribution in [0.3, 0.4) is 0 Å². The molecule has 0 unspecified atom stereocenters. The van der Waals surface area contributed by atoms with Gasteiger partial charge in [-0.25, -0.2) is 0 Å². The zero-order valence-corrected chi connectivity index (χ0v) is 16.5. The molecular formula is C21H22N2O5. The van der Waals surface area contributed by atoms with Crippen molar-refractivity contribution in [1.29, 1.82) is 0 Å². The molecule has 0 radical (unpaired) electrons. The van der Waals surface area contributed by atoms with E-state index in [1.54, 1.807) is 32.3 Å². The first-order valence-electron chi connectivity index (χ1n) is 8.64. The van der Waals surface area contributed by atoms with Crippen molar-refractivity contribution in [2.45, 2.75) is 6.92 Å². The Morgan fingerprint density at radius 1 is 1.04 bits per heavy atom. The van der Waals surface area contributed by atoms with Gasteiger partial charge in [0.15, 0.2) is 17.3 Å². The maximum Gasteiger partial charge on any atom is 0.291 e. The van der Waals surface area contributed by atoms with Crippen LogP contribution >= 0.6 is 0 Å². The normalized spacial score (nSPS) is 10.6. The SMILES string of the molecule is COc1cc(NC(=O)c2oc3ccccc3c2C)c(C(=O)N(C)C)cc1OC. The van der Waals surface area contributed by atoms with Crippen LogP contribution in [-0.2, 0) is 0 Å². The van der Waals surface area contributed by atoms with E-state index in [2.05, 4.69) is 5.32 Å². The quantitative estimate of drug-likeness (QED) is 0.727. The van der Waals surface area contributed by atoms with Crippen molar-refractivity contribution in [3.05, 3.63) is 53.3 Å². The zero-order chi connectivity index (χ0) is 20.4. The maximum atomic E-state index is 12.9. The lowest BCUT2D eigenvalue weighted by Crippen LogP contribution is -2.24. The highest BCUT2D eigenvalue weighted by Gasteiger charge is 2.23. The summed E-state index contributed by atoms with van der Waals surface area (Å²) >= 11 is 0. The Morgan fingerprint density at radius 2 is 1.68 bits per heavy atom. The molecule has 7 heteroatoms. The number of para-hydroxylation sites is 1. The van der Waals surface area contributed by atoms with Crippen molar-refractivity contribution in [3.8, 4) is 11.5 Å². The van der Waals surface area contributed by atoms with E-state index in [4.69, 9.17) is 13.9 Å². The Balaban J connectivity index is 2.05. The van der Waals surface area contributed by atoms with Gasteiger partial charge in [-0.05, 0) is 19.1 Å². The summed E-state index contributed by atoms with van der Waals surface area (Å²) in [7, 11) is 6.24. The average Bonchev–Trinajstić information content (AvgIpc) is 3.04. The van der Waals surface area contributed by atoms with Gasteiger partial charge in [-0.2, -0.15) is 0 Å². The van der Waals surface area contributed by atoms with Crippen LogP contribution in [0.5, 0.6) is 11.5 Å². The number of benzene rings is 2. The van der Waals surface area contributed by atoms with Gasteiger partial charge in [0, 0.05) is 31.1 Å². The number of nitrogens with one attached hydrogen (secondary N) is 1. The summed E-state index contributed by atoms with van der Waals surface area (Å²) in [5, 5.41) is 3.64. The van der Waals surface area contributed by atoms with Gasteiger partial charge >= 0.3 is 0 Å². The van der Waals surface area contributed by atoms with E-state index in [0.29, 0.717) is 22.8 Å². The van der Waals surface area contributed by atoms with Crippen LogP contribution in [0.1, 0.15) is 26.5 Å². The van der Waals surface area contributed by atoms with Crippen molar-refractivity contribution in [1.82, 2.24) is 4.90 Å². The van der Waals surface area contributed by atoms with Crippen LogP contribution in [0.15, 0.2) is 40.8 Å². The van der Waals surface area contributed by atoms with Crippen molar-refractivity contribution in [2.24, 2.45) is 0 Å². The number of fused-ring (bicyclic) bond motifs is 1. The van der Waals surface area contributed by atoms with Crippen LogP contribution < -0.4 is 14.8 Å². The van der Waals surface area contributed by atoms with Gasteiger partial charge in [0.25, 0.3) is 11.8 Å². The van der Waals surface area contributed by atoms with Gasteiger partial charge in [-0.1, -0.05) is 18.2 Å². The summed E-state index contributed by atoms with van der Waals surface area (Å²) in [6.07, 6.45) is 0. The number of rotatable bonds is 5. The van der Waals surface area contributed by atoms with E-state index in [1.165, 1.54) is 19.1 Å². The Hall–Kier alpha value is -3.48. The number of hydrogen-bond acceptors (Lipinski definition) is 5. The molecule has 0 aliphatic carbocycles. The molecule has 3 rings (SSSR count). The summed E-state index contributed by atoms with van der Waals surface area (Å²) < 4.78 is 16.3. The van der Waals surface area contributed by atoms with E-state index >= 15 is 0 Å². The number of ether oxygens (including phenoxy) is 2. The van der Waals surface area contributed by atoms with E-state index < -0.39 is 5.91 Å². The predicted octanol–water partition coefficient (Wildman–Crippen LogP) is 3.71. The summed E-state index contributed by atoms with van der Waals surface area (Å²) in [5.74, 6) is 0.255. The molecule has 1 heterocycles. The fourth-order valence-corrected chi connectivity index (χ4v) is 2.97. The molecule has 2 amide bonds. The van der Waals surface area contributed by atoms with Crippen LogP contribution in [0.25, 0.3) is 11.0 Å². The highest BCUT2D eigenvalue weighted by molar-refractivity contribution is 6.10. The molecule has 28 heavy (non-hydrogen) atoms. The minimum atomic E-state index is -0.450. The number of nitrogens with zero attached hydrogens (tertiary/aromatic N) is 1. The number of carbonyl (C=O) groups excluding carboxylic acids is 2. The molecule has 0 aliphatic heterocycles. The smallest absolute Gasteiger partial charge is 0.291 e. The minimum absolute atomic E-state index is 0.194. The fraction of sp³-hybridized carbons (Fsp3) is 0.238. The van der Waals surface area contributed by atoms with Gasteiger partial charge in [-0.15, -0.1) is 0 Å². The second-order valence-corrected chi connectivity index (χ2v) is 6.46. The highest BCUT2D eigenvalue weighted by atomic mass is 16.5. The number of furan rings is 1. The number of anilines is 1. The first kappa shape index (κ1) is 19.3. The molecule has 0 spiro atoms. The van der Waals surface area contributed by atoms with Crippen LogP contribution in [0, 0.1) is 6.92 Å². The van der Waals surface area contributed by atoms with E-state index in [0.717, 1.165) is 10.9 Å². The van der Waals surface area contributed by atoms with E-state index in [9.17, 15) is 9.59 Å². The molecule has 7 nitrogen and oxygen atoms in total. The molecule has 0 saturated heterocycles. The molecule has 3 aromatic rings. The van der Waals surface area contributed by atoms with Gasteiger partial charge in [0.05, 0.1) is 25.5 Å². The second-order valence-electron chi connectivity index (χ2n) is 6.46. The zero-order valence-electron chi connectivity index (χ0n) is 16.5. The van der Waals surface area contributed by atoms with Crippen molar-refractivity contribution in [2.75, 3.05) is 33.6 Å². The van der Waals surface area contributed by atoms with Gasteiger partial charge < -0.3 is 24.1 Å². The summed E-state index contributed by atoms with van der Waals surface area (Å²) in [5.41, 5.74) is 1.95. The van der Waals surface area contributed by atoms with Crippen molar-refractivity contribution >= 4 is 28.5 Å². The molecule has 0 saturated carbocycles. The predicted molar refractivity (Wildman–Crippen MR) is 106 cm³/mol. The van der Waals surface area contributed by atoms with E-state index in [1.807, 2.05) is 25.1 Å². The topological polar surface area (TPSA) is 81.0 Å². The molecule has 0 aliphatic rings. The summed E-state index contributed by atoms with van der Waals surface area (Å²) in [6.45, 7) is 1.82.